The molecule has 0 aromatic rings. The van der Waals surface area contributed by atoms with Crippen LogP contribution in [-0.2, 0) is 23.7 Å². The van der Waals surface area contributed by atoms with E-state index in [1.165, 1.54) is 0 Å². The van der Waals surface area contributed by atoms with Crippen LogP contribution in [0.5, 0.6) is 0 Å². The number of hydrogen-bond donors (Lipinski definition) is 5. The highest BCUT2D eigenvalue weighted by Crippen LogP contribution is 2.32. The molecule has 0 bridgehead atoms. The van der Waals surface area contributed by atoms with E-state index in [1.54, 1.807) is 0 Å². The van der Waals surface area contributed by atoms with E-state index in [1.807, 2.05) is 0 Å². The molecule has 0 radical (unpaired) electrons. The third-order valence-corrected chi connectivity index (χ3v) is 5.98. The van der Waals surface area contributed by atoms with Crippen LogP contribution in [0, 0.1) is 0 Å². The second-order valence-electron chi connectivity index (χ2n) is 8.17. The standard InChI is InChI=1S/C19H35N3O7/c20-6-5-15-14(25)2-4-18(27-15)29-19-13(21)7-11(22-10-24)8-16(19)28-17-3-1-12(9-23)26-17/h10-19,23,25H,1-9,20-21H2,(H,22,24)/t11?,12?,13?,14-,15?,16?,17?,18+,19+/m0/s1. The fourth-order valence-corrected chi connectivity index (χ4v) is 4.45. The zero-order valence-corrected chi connectivity index (χ0v) is 16.7. The van der Waals surface area contributed by atoms with Gasteiger partial charge in [-0.15, -0.1) is 0 Å². The van der Waals surface area contributed by atoms with E-state index in [4.69, 9.17) is 30.4 Å². The predicted molar refractivity (Wildman–Crippen MR) is 102 cm³/mol. The van der Waals surface area contributed by atoms with Gasteiger partial charge in [0.15, 0.2) is 12.6 Å². The number of carbonyl (C=O) groups is 1. The van der Waals surface area contributed by atoms with E-state index in [0.29, 0.717) is 51.5 Å². The van der Waals surface area contributed by atoms with Crippen molar-refractivity contribution in [3.63, 3.8) is 0 Å². The van der Waals surface area contributed by atoms with Gasteiger partial charge in [-0.05, 0) is 38.6 Å². The van der Waals surface area contributed by atoms with Gasteiger partial charge in [-0.25, -0.2) is 0 Å². The molecular formula is C19H35N3O7. The Morgan fingerprint density at radius 2 is 1.86 bits per heavy atom. The van der Waals surface area contributed by atoms with Crippen molar-refractivity contribution >= 4 is 6.41 Å². The molecule has 0 aromatic heterocycles. The van der Waals surface area contributed by atoms with Crippen molar-refractivity contribution in [2.45, 2.75) is 100 Å². The van der Waals surface area contributed by atoms with Gasteiger partial charge < -0.3 is 45.9 Å². The van der Waals surface area contributed by atoms with E-state index in [0.717, 1.165) is 6.42 Å². The second-order valence-corrected chi connectivity index (χ2v) is 8.17. The number of aliphatic hydroxyl groups excluding tert-OH is 2. The number of nitrogens with one attached hydrogen (secondary N) is 1. The molecule has 29 heavy (non-hydrogen) atoms. The van der Waals surface area contributed by atoms with Crippen LogP contribution in [0.2, 0.25) is 0 Å². The van der Waals surface area contributed by atoms with E-state index in [2.05, 4.69) is 5.32 Å². The normalized spacial score (nSPS) is 43.2. The van der Waals surface area contributed by atoms with Gasteiger partial charge in [-0.3, -0.25) is 4.79 Å². The summed E-state index contributed by atoms with van der Waals surface area (Å²) >= 11 is 0. The lowest BCUT2D eigenvalue weighted by atomic mass is 9.86. The molecule has 10 heteroatoms. The SMILES string of the molecule is NCCC1O[C@H](O[C@@H]2C(N)CC(NC=O)CC2OC2CCC(CO)O2)CC[C@@H]1O. The van der Waals surface area contributed by atoms with Crippen LogP contribution < -0.4 is 16.8 Å². The van der Waals surface area contributed by atoms with E-state index in [9.17, 15) is 15.0 Å². The highest BCUT2D eigenvalue weighted by atomic mass is 16.7. The van der Waals surface area contributed by atoms with Gasteiger partial charge in [0.05, 0.1) is 31.0 Å². The minimum Gasteiger partial charge on any atom is -0.394 e. The van der Waals surface area contributed by atoms with Crippen LogP contribution in [0.1, 0.15) is 44.9 Å². The van der Waals surface area contributed by atoms with Gasteiger partial charge in [-0.1, -0.05) is 0 Å². The topological polar surface area (TPSA) is 159 Å². The van der Waals surface area contributed by atoms with Crippen molar-refractivity contribution in [1.29, 1.82) is 0 Å². The molecular weight excluding hydrogens is 382 g/mol. The number of nitrogens with two attached hydrogens (primary N) is 2. The summed E-state index contributed by atoms with van der Waals surface area (Å²) in [6, 6.07) is -0.467. The van der Waals surface area contributed by atoms with Gasteiger partial charge in [0, 0.05) is 24.9 Å². The summed E-state index contributed by atoms with van der Waals surface area (Å²) in [4.78, 5) is 10.9. The fraction of sp³-hybridized carbons (Fsp3) is 0.947. The molecule has 2 saturated heterocycles. The lowest BCUT2D eigenvalue weighted by Crippen LogP contribution is -2.58. The van der Waals surface area contributed by atoms with Crippen molar-refractivity contribution in [1.82, 2.24) is 5.32 Å². The van der Waals surface area contributed by atoms with Crippen molar-refractivity contribution in [3.8, 4) is 0 Å². The summed E-state index contributed by atoms with van der Waals surface area (Å²) in [6.07, 6.45) is 1.99. The zero-order valence-electron chi connectivity index (χ0n) is 16.7. The Kier molecular flexibility index (Phi) is 8.63. The van der Waals surface area contributed by atoms with Gasteiger partial charge in [0.2, 0.25) is 6.41 Å². The number of hydrogen-bond acceptors (Lipinski definition) is 9. The molecule has 1 amide bonds. The summed E-state index contributed by atoms with van der Waals surface area (Å²) in [7, 11) is 0. The number of aliphatic hydroxyl groups is 2. The molecule has 9 atom stereocenters. The number of rotatable bonds is 9. The van der Waals surface area contributed by atoms with Crippen molar-refractivity contribution in [2.75, 3.05) is 13.2 Å². The first kappa shape index (κ1) is 22.8. The average molecular weight is 418 g/mol. The molecule has 3 rings (SSSR count). The molecule has 1 saturated carbocycles. The minimum absolute atomic E-state index is 0.0416. The number of carbonyl (C=O) groups excluding carboxylic acids is 1. The Morgan fingerprint density at radius 3 is 2.55 bits per heavy atom. The predicted octanol–water partition coefficient (Wildman–Crippen LogP) is -1.30. The number of ether oxygens (including phenoxy) is 4. The van der Waals surface area contributed by atoms with Crippen LogP contribution in [0.3, 0.4) is 0 Å². The van der Waals surface area contributed by atoms with E-state index >= 15 is 0 Å². The van der Waals surface area contributed by atoms with Crippen molar-refractivity contribution in [2.24, 2.45) is 11.5 Å². The molecule has 10 nitrogen and oxygen atoms in total. The first-order valence-electron chi connectivity index (χ1n) is 10.6. The van der Waals surface area contributed by atoms with E-state index in [-0.39, 0.29) is 37.0 Å². The third kappa shape index (κ3) is 6.08. The Labute approximate surface area is 171 Å². The highest BCUT2D eigenvalue weighted by molar-refractivity contribution is 5.46. The van der Waals surface area contributed by atoms with E-state index < -0.39 is 24.8 Å². The van der Waals surface area contributed by atoms with Crippen LogP contribution in [-0.4, -0.2) is 85.0 Å². The first-order chi connectivity index (χ1) is 14.0. The first-order valence-corrected chi connectivity index (χ1v) is 10.6. The molecule has 0 spiro atoms. The zero-order chi connectivity index (χ0) is 20.8. The summed E-state index contributed by atoms with van der Waals surface area (Å²) in [6.45, 7) is 0.382. The second kappa shape index (κ2) is 11.0. The molecule has 6 unspecified atom stereocenters. The largest absolute Gasteiger partial charge is 0.394 e. The maximum atomic E-state index is 10.9. The molecule has 7 N–H and O–H groups in total. The number of amides is 1. The lowest BCUT2D eigenvalue weighted by Gasteiger charge is -2.43. The van der Waals surface area contributed by atoms with Crippen molar-refractivity contribution in [3.05, 3.63) is 0 Å². The van der Waals surface area contributed by atoms with Crippen LogP contribution in [0.15, 0.2) is 0 Å². The molecule has 2 aliphatic heterocycles. The van der Waals surface area contributed by atoms with Crippen LogP contribution >= 0.6 is 0 Å². The molecule has 2 heterocycles. The Morgan fingerprint density at radius 1 is 1.10 bits per heavy atom. The summed E-state index contributed by atoms with van der Waals surface area (Å²) < 4.78 is 24.0. The van der Waals surface area contributed by atoms with Crippen molar-refractivity contribution < 1.29 is 34.0 Å². The average Bonchev–Trinajstić information content (AvgIpc) is 3.15. The summed E-state index contributed by atoms with van der Waals surface area (Å²) in [5, 5.41) is 22.2. The quantitative estimate of drug-likeness (QED) is 0.288. The van der Waals surface area contributed by atoms with Gasteiger partial charge >= 0.3 is 0 Å². The molecule has 3 aliphatic rings. The van der Waals surface area contributed by atoms with Crippen LogP contribution in [0.25, 0.3) is 0 Å². The molecule has 3 fully saturated rings. The monoisotopic (exact) mass is 417 g/mol. The fourth-order valence-electron chi connectivity index (χ4n) is 4.45. The van der Waals surface area contributed by atoms with Gasteiger partial charge in [0.25, 0.3) is 0 Å². The Balaban J connectivity index is 1.63. The maximum absolute atomic E-state index is 10.9. The highest BCUT2D eigenvalue weighted by Gasteiger charge is 2.42. The van der Waals surface area contributed by atoms with Gasteiger partial charge in [0.1, 0.15) is 6.10 Å². The summed E-state index contributed by atoms with van der Waals surface area (Å²) in [5.41, 5.74) is 12.0. The van der Waals surface area contributed by atoms with Gasteiger partial charge in [-0.2, -0.15) is 0 Å². The Hall–Kier alpha value is -0.850. The summed E-state index contributed by atoms with van der Waals surface area (Å²) in [5.74, 6) is 0. The molecule has 0 aromatic carbocycles. The molecule has 1 aliphatic carbocycles. The maximum Gasteiger partial charge on any atom is 0.207 e. The third-order valence-electron chi connectivity index (χ3n) is 5.98. The Bertz CT molecular complexity index is 514. The lowest BCUT2D eigenvalue weighted by molar-refractivity contribution is -0.275. The van der Waals surface area contributed by atoms with Crippen LogP contribution in [0.4, 0.5) is 0 Å². The smallest absolute Gasteiger partial charge is 0.207 e. The molecule has 168 valence electrons. The minimum atomic E-state index is -0.547.